The molecule has 1 fully saturated rings. The van der Waals surface area contributed by atoms with Crippen LogP contribution in [0.3, 0.4) is 0 Å². The standard InChI is InChI=1S/C19H21N3O5/c1-12(20-19(25)15-5-4-10-27-15)18(24)21-13-7-8-14(16(11-13)26-2)22-9-3-6-17(22)23/h4-5,7-8,10-12H,3,6,9H2,1-2H3,(H,20,25)(H,21,24). The number of ether oxygens (including phenoxy) is 1. The Morgan fingerprint density at radius 2 is 2.11 bits per heavy atom. The molecular weight excluding hydrogens is 350 g/mol. The molecule has 3 amide bonds. The van der Waals surface area contributed by atoms with Crippen LogP contribution in [0.25, 0.3) is 0 Å². The predicted octanol–water partition coefficient (Wildman–Crippen LogP) is 2.17. The van der Waals surface area contributed by atoms with E-state index in [1.807, 2.05) is 0 Å². The van der Waals surface area contributed by atoms with E-state index in [0.717, 1.165) is 6.42 Å². The highest BCUT2D eigenvalue weighted by molar-refractivity contribution is 6.01. The van der Waals surface area contributed by atoms with Gasteiger partial charge in [-0.25, -0.2) is 0 Å². The summed E-state index contributed by atoms with van der Waals surface area (Å²) in [5.41, 5.74) is 1.18. The number of anilines is 2. The van der Waals surface area contributed by atoms with Gasteiger partial charge in [0, 0.05) is 24.7 Å². The first kappa shape index (κ1) is 18.5. The Morgan fingerprint density at radius 1 is 1.30 bits per heavy atom. The minimum Gasteiger partial charge on any atom is -0.494 e. The highest BCUT2D eigenvalue weighted by Crippen LogP contribution is 2.33. The van der Waals surface area contributed by atoms with Gasteiger partial charge in [0.25, 0.3) is 5.91 Å². The fourth-order valence-electron chi connectivity index (χ4n) is 2.87. The molecule has 2 aromatic rings. The van der Waals surface area contributed by atoms with Crippen molar-refractivity contribution in [3.63, 3.8) is 0 Å². The fraction of sp³-hybridized carbons (Fsp3) is 0.316. The van der Waals surface area contributed by atoms with Crippen molar-refractivity contribution in [2.24, 2.45) is 0 Å². The van der Waals surface area contributed by atoms with Gasteiger partial charge in [0.1, 0.15) is 11.8 Å². The summed E-state index contributed by atoms with van der Waals surface area (Å²) >= 11 is 0. The zero-order valence-electron chi connectivity index (χ0n) is 15.2. The van der Waals surface area contributed by atoms with Crippen LogP contribution < -0.4 is 20.3 Å². The van der Waals surface area contributed by atoms with Crippen molar-refractivity contribution in [3.05, 3.63) is 42.4 Å². The molecule has 2 heterocycles. The number of carbonyl (C=O) groups excluding carboxylic acids is 3. The summed E-state index contributed by atoms with van der Waals surface area (Å²) in [6.45, 7) is 2.22. The van der Waals surface area contributed by atoms with Crippen molar-refractivity contribution in [1.82, 2.24) is 5.32 Å². The van der Waals surface area contributed by atoms with E-state index in [1.165, 1.54) is 19.4 Å². The first-order valence-electron chi connectivity index (χ1n) is 8.63. The number of benzene rings is 1. The van der Waals surface area contributed by atoms with Gasteiger partial charge in [-0.15, -0.1) is 0 Å². The van der Waals surface area contributed by atoms with Crippen LogP contribution in [0.15, 0.2) is 41.0 Å². The van der Waals surface area contributed by atoms with E-state index in [1.54, 1.807) is 36.1 Å². The van der Waals surface area contributed by atoms with Crippen molar-refractivity contribution in [2.45, 2.75) is 25.8 Å². The van der Waals surface area contributed by atoms with Crippen LogP contribution in [0.5, 0.6) is 5.75 Å². The van der Waals surface area contributed by atoms with Crippen LogP contribution in [0, 0.1) is 0 Å². The zero-order chi connectivity index (χ0) is 19.4. The molecule has 142 valence electrons. The van der Waals surface area contributed by atoms with Gasteiger partial charge in [-0.2, -0.15) is 0 Å². The summed E-state index contributed by atoms with van der Waals surface area (Å²) in [4.78, 5) is 37.9. The molecule has 1 atom stereocenters. The summed E-state index contributed by atoms with van der Waals surface area (Å²) in [6, 6.07) is 7.43. The number of hydrogen-bond acceptors (Lipinski definition) is 5. The average Bonchev–Trinajstić information content (AvgIpc) is 3.33. The summed E-state index contributed by atoms with van der Waals surface area (Å²) in [5.74, 6) is -0.171. The Labute approximate surface area is 156 Å². The maximum absolute atomic E-state index is 12.3. The van der Waals surface area contributed by atoms with Gasteiger partial charge in [0.2, 0.25) is 11.8 Å². The van der Waals surface area contributed by atoms with Crippen LogP contribution in [0.4, 0.5) is 11.4 Å². The minimum atomic E-state index is -0.770. The first-order valence-corrected chi connectivity index (χ1v) is 8.63. The Balaban J connectivity index is 1.66. The lowest BCUT2D eigenvalue weighted by Crippen LogP contribution is -2.41. The fourth-order valence-corrected chi connectivity index (χ4v) is 2.87. The van der Waals surface area contributed by atoms with E-state index in [0.29, 0.717) is 30.1 Å². The number of methoxy groups -OCH3 is 1. The molecule has 27 heavy (non-hydrogen) atoms. The predicted molar refractivity (Wildman–Crippen MR) is 98.8 cm³/mol. The minimum absolute atomic E-state index is 0.0550. The van der Waals surface area contributed by atoms with E-state index in [9.17, 15) is 14.4 Å². The van der Waals surface area contributed by atoms with Crippen LogP contribution in [-0.2, 0) is 9.59 Å². The molecule has 1 unspecified atom stereocenters. The number of amides is 3. The first-order chi connectivity index (χ1) is 13.0. The molecule has 0 saturated carbocycles. The maximum atomic E-state index is 12.3. The van der Waals surface area contributed by atoms with Crippen LogP contribution in [0.1, 0.15) is 30.3 Å². The highest BCUT2D eigenvalue weighted by atomic mass is 16.5. The van der Waals surface area contributed by atoms with Gasteiger partial charge in [0.05, 0.1) is 19.1 Å². The lowest BCUT2D eigenvalue weighted by atomic mass is 10.2. The van der Waals surface area contributed by atoms with Crippen molar-refractivity contribution in [3.8, 4) is 5.75 Å². The third-order valence-electron chi connectivity index (χ3n) is 4.30. The SMILES string of the molecule is COc1cc(NC(=O)C(C)NC(=O)c2ccco2)ccc1N1CCCC1=O. The molecule has 2 N–H and O–H groups in total. The van der Waals surface area contributed by atoms with Gasteiger partial charge < -0.3 is 24.7 Å². The third-order valence-corrected chi connectivity index (χ3v) is 4.30. The molecule has 0 aliphatic carbocycles. The number of rotatable bonds is 6. The smallest absolute Gasteiger partial charge is 0.287 e. The van der Waals surface area contributed by atoms with Crippen molar-refractivity contribution >= 4 is 29.1 Å². The lowest BCUT2D eigenvalue weighted by Gasteiger charge is -2.20. The second-order valence-electron chi connectivity index (χ2n) is 6.20. The maximum Gasteiger partial charge on any atom is 0.287 e. The zero-order valence-corrected chi connectivity index (χ0v) is 15.2. The molecular formula is C19H21N3O5. The summed E-state index contributed by atoms with van der Waals surface area (Å²) in [7, 11) is 1.51. The topological polar surface area (TPSA) is 101 Å². The van der Waals surface area contributed by atoms with Crippen molar-refractivity contribution in [2.75, 3.05) is 23.9 Å². The third kappa shape index (κ3) is 4.11. The van der Waals surface area contributed by atoms with E-state index < -0.39 is 11.9 Å². The Kier molecular flexibility index (Phi) is 5.44. The molecule has 1 saturated heterocycles. The van der Waals surface area contributed by atoms with Gasteiger partial charge in [-0.05, 0) is 37.6 Å². The molecule has 1 aliphatic rings. The highest BCUT2D eigenvalue weighted by Gasteiger charge is 2.25. The number of nitrogens with one attached hydrogen (secondary N) is 2. The van der Waals surface area contributed by atoms with Gasteiger partial charge in [0.15, 0.2) is 5.76 Å². The molecule has 1 aliphatic heterocycles. The second kappa shape index (κ2) is 7.94. The summed E-state index contributed by atoms with van der Waals surface area (Å²) < 4.78 is 10.4. The Hall–Kier alpha value is -3.29. The molecule has 0 radical (unpaired) electrons. The van der Waals surface area contributed by atoms with Crippen molar-refractivity contribution in [1.29, 1.82) is 0 Å². The van der Waals surface area contributed by atoms with Crippen LogP contribution >= 0.6 is 0 Å². The number of furan rings is 1. The Bertz CT molecular complexity index is 847. The number of carbonyl (C=O) groups is 3. The van der Waals surface area contributed by atoms with Gasteiger partial charge in [-0.1, -0.05) is 0 Å². The second-order valence-corrected chi connectivity index (χ2v) is 6.20. The normalized spacial score (nSPS) is 14.7. The molecule has 8 nitrogen and oxygen atoms in total. The van der Waals surface area contributed by atoms with E-state index in [-0.39, 0.29) is 17.6 Å². The van der Waals surface area contributed by atoms with Crippen LogP contribution in [-0.4, -0.2) is 37.4 Å². The molecule has 0 spiro atoms. The van der Waals surface area contributed by atoms with E-state index in [4.69, 9.17) is 9.15 Å². The van der Waals surface area contributed by atoms with Crippen LogP contribution in [0.2, 0.25) is 0 Å². The number of hydrogen-bond donors (Lipinski definition) is 2. The molecule has 0 bridgehead atoms. The molecule has 3 rings (SSSR count). The van der Waals surface area contributed by atoms with Crippen molar-refractivity contribution < 1.29 is 23.5 Å². The van der Waals surface area contributed by atoms with Gasteiger partial charge >= 0.3 is 0 Å². The van der Waals surface area contributed by atoms with E-state index in [2.05, 4.69) is 10.6 Å². The lowest BCUT2D eigenvalue weighted by molar-refractivity contribution is -0.118. The molecule has 1 aromatic heterocycles. The summed E-state index contributed by atoms with van der Waals surface area (Å²) in [5, 5.41) is 5.29. The molecule has 8 heteroatoms. The monoisotopic (exact) mass is 371 g/mol. The number of nitrogens with zero attached hydrogens (tertiary/aromatic N) is 1. The van der Waals surface area contributed by atoms with E-state index >= 15 is 0 Å². The summed E-state index contributed by atoms with van der Waals surface area (Å²) in [6.07, 6.45) is 2.72. The Morgan fingerprint density at radius 3 is 2.74 bits per heavy atom. The average molecular weight is 371 g/mol. The largest absolute Gasteiger partial charge is 0.494 e. The van der Waals surface area contributed by atoms with Gasteiger partial charge in [-0.3, -0.25) is 14.4 Å². The quantitative estimate of drug-likeness (QED) is 0.810. The molecule has 1 aromatic carbocycles.